The van der Waals surface area contributed by atoms with E-state index in [4.69, 9.17) is 10.5 Å². The van der Waals surface area contributed by atoms with Crippen molar-refractivity contribution in [3.05, 3.63) is 11.9 Å². The average molecular weight is 233 g/mol. The van der Waals surface area contributed by atoms with Crippen molar-refractivity contribution in [2.75, 3.05) is 13.7 Å². The van der Waals surface area contributed by atoms with Crippen LogP contribution in [0.2, 0.25) is 0 Å². The lowest BCUT2D eigenvalue weighted by molar-refractivity contribution is 0.0214. The van der Waals surface area contributed by atoms with Crippen molar-refractivity contribution in [2.24, 2.45) is 10.7 Å². The normalized spacial score (nSPS) is 23.6. The molecule has 0 spiro atoms. The third kappa shape index (κ3) is 3.44. The second-order valence-corrected chi connectivity index (χ2v) is 3.47. The zero-order valence-corrected chi connectivity index (χ0v) is 9.25. The summed E-state index contributed by atoms with van der Waals surface area (Å²) in [6.07, 6.45) is 0.549. The topological polar surface area (TPSA) is 59.6 Å². The van der Waals surface area contributed by atoms with Crippen LogP contribution in [0.4, 0.5) is 8.78 Å². The summed E-state index contributed by atoms with van der Waals surface area (Å²) in [5.74, 6) is 0. The van der Waals surface area contributed by atoms with E-state index >= 15 is 0 Å². The Morgan fingerprint density at radius 1 is 1.56 bits per heavy atom. The molecule has 1 heterocycles. The highest BCUT2D eigenvalue weighted by Crippen LogP contribution is 2.16. The molecule has 0 saturated carbocycles. The van der Waals surface area contributed by atoms with Gasteiger partial charge in [-0.05, 0) is 19.3 Å². The van der Waals surface area contributed by atoms with Gasteiger partial charge in [0.25, 0.3) is 6.43 Å². The lowest BCUT2D eigenvalue weighted by Gasteiger charge is -2.20. The van der Waals surface area contributed by atoms with Crippen molar-refractivity contribution in [2.45, 2.75) is 31.9 Å². The summed E-state index contributed by atoms with van der Waals surface area (Å²) in [6, 6.07) is 0. The van der Waals surface area contributed by atoms with Crippen molar-refractivity contribution >= 4 is 5.71 Å². The molecular weight excluding hydrogens is 216 g/mol. The molecule has 3 N–H and O–H groups in total. The third-order valence-corrected chi connectivity index (χ3v) is 2.36. The highest BCUT2D eigenvalue weighted by atomic mass is 19.3. The fraction of sp³-hybridized carbons (Fsp3) is 0.700. The maximum atomic E-state index is 12.8. The summed E-state index contributed by atoms with van der Waals surface area (Å²) < 4.78 is 30.8. The van der Waals surface area contributed by atoms with E-state index in [1.54, 1.807) is 0 Å². The van der Waals surface area contributed by atoms with Crippen LogP contribution >= 0.6 is 0 Å². The minimum Gasteiger partial charge on any atom is -0.403 e. The standard InChI is InChI=1S/C10H17F2N3O/c1-14-7(6-13)9(10(11)12)15-8-4-2-3-5-16-8/h6,8,10,14H,2-5,13H2,1H3. The minimum atomic E-state index is -2.66. The number of nitrogens with one attached hydrogen (secondary N) is 1. The van der Waals surface area contributed by atoms with Gasteiger partial charge in [0.2, 0.25) is 0 Å². The number of rotatable bonds is 4. The number of allylic oxidation sites excluding steroid dienone is 1. The maximum absolute atomic E-state index is 12.8. The van der Waals surface area contributed by atoms with Gasteiger partial charge in [-0.1, -0.05) is 0 Å². The highest BCUT2D eigenvalue weighted by Gasteiger charge is 2.21. The van der Waals surface area contributed by atoms with Crippen LogP contribution in [0.5, 0.6) is 0 Å². The Morgan fingerprint density at radius 2 is 2.31 bits per heavy atom. The Morgan fingerprint density at radius 3 is 2.75 bits per heavy atom. The molecule has 16 heavy (non-hydrogen) atoms. The van der Waals surface area contributed by atoms with E-state index in [-0.39, 0.29) is 11.4 Å². The van der Waals surface area contributed by atoms with E-state index in [2.05, 4.69) is 10.3 Å². The van der Waals surface area contributed by atoms with E-state index in [0.29, 0.717) is 13.0 Å². The first-order valence-corrected chi connectivity index (χ1v) is 5.26. The zero-order chi connectivity index (χ0) is 12.0. The van der Waals surface area contributed by atoms with Gasteiger partial charge in [0.15, 0.2) is 0 Å². The molecule has 1 unspecified atom stereocenters. The molecule has 1 atom stereocenters. The predicted octanol–water partition coefficient (Wildman–Crippen LogP) is 1.24. The molecule has 4 nitrogen and oxygen atoms in total. The first kappa shape index (κ1) is 12.9. The van der Waals surface area contributed by atoms with Gasteiger partial charge in [-0.15, -0.1) is 0 Å². The van der Waals surface area contributed by atoms with Crippen LogP contribution in [-0.4, -0.2) is 32.0 Å². The molecule has 0 aromatic heterocycles. The van der Waals surface area contributed by atoms with Gasteiger partial charge in [-0.25, -0.2) is 8.78 Å². The number of aliphatic imine (C=N–C) groups is 1. The van der Waals surface area contributed by atoms with Crippen molar-refractivity contribution in [1.82, 2.24) is 5.32 Å². The fourth-order valence-electron chi connectivity index (χ4n) is 1.52. The summed E-state index contributed by atoms with van der Waals surface area (Å²) in [5.41, 5.74) is 5.05. The van der Waals surface area contributed by atoms with Gasteiger partial charge in [0, 0.05) is 19.9 Å². The molecule has 92 valence electrons. The number of alkyl halides is 2. The number of ether oxygens (including phenoxy) is 1. The molecule has 0 aliphatic carbocycles. The van der Waals surface area contributed by atoms with Crippen LogP contribution in [0.25, 0.3) is 0 Å². The summed E-state index contributed by atoms with van der Waals surface area (Å²) in [6.45, 7) is 0.575. The largest absolute Gasteiger partial charge is 0.403 e. The van der Waals surface area contributed by atoms with Crippen molar-refractivity contribution in [3.8, 4) is 0 Å². The molecule has 0 amide bonds. The number of halogens is 2. The summed E-state index contributed by atoms with van der Waals surface area (Å²) in [5, 5.41) is 2.59. The molecule has 1 aliphatic rings. The highest BCUT2D eigenvalue weighted by molar-refractivity contribution is 6.01. The number of nitrogens with two attached hydrogens (primary N) is 1. The van der Waals surface area contributed by atoms with Crippen LogP contribution in [0.15, 0.2) is 16.9 Å². The quantitative estimate of drug-likeness (QED) is 0.718. The first-order chi connectivity index (χ1) is 7.69. The van der Waals surface area contributed by atoms with E-state index < -0.39 is 12.7 Å². The predicted molar refractivity (Wildman–Crippen MR) is 58.4 cm³/mol. The van der Waals surface area contributed by atoms with Gasteiger partial charge in [0.1, 0.15) is 11.9 Å². The molecule has 1 fully saturated rings. The van der Waals surface area contributed by atoms with Gasteiger partial charge < -0.3 is 15.8 Å². The zero-order valence-electron chi connectivity index (χ0n) is 9.25. The van der Waals surface area contributed by atoms with Gasteiger partial charge >= 0.3 is 0 Å². The Kier molecular flexibility index (Phi) is 5.18. The van der Waals surface area contributed by atoms with Crippen LogP contribution in [0.3, 0.4) is 0 Å². The second-order valence-electron chi connectivity index (χ2n) is 3.47. The fourth-order valence-corrected chi connectivity index (χ4v) is 1.52. The molecule has 0 bridgehead atoms. The van der Waals surface area contributed by atoms with E-state index in [0.717, 1.165) is 19.0 Å². The van der Waals surface area contributed by atoms with E-state index in [1.165, 1.54) is 7.05 Å². The summed E-state index contributed by atoms with van der Waals surface area (Å²) in [4.78, 5) is 3.91. The van der Waals surface area contributed by atoms with Crippen LogP contribution in [0.1, 0.15) is 19.3 Å². The SMILES string of the molecule is CNC(=CN)C(=NC1CCCCO1)C(F)F. The molecule has 0 aromatic rings. The smallest absolute Gasteiger partial charge is 0.282 e. The van der Waals surface area contributed by atoms with Crippen LogP contribution < -0.4 is 11.1 Å². The Hall–Kier alpha value is -1.17. The molecule has 1 saturated heterocycles. The Balaban J connectivity index is 2.79. The molecule has 1 aliphatic heterocycles. The Labute approximate surface area is 93.6 Å². The molecule has 0 radical (unpaired) electrons. The molecule has 0 aromatic carbocycles. The van der Waals surface area contributed by atoms with Gasteiger partial charge in [0.05, 0.1) is 5.70 Å². The maximum Gasteiger partial charge on any atom is 0.282 e. The average Bonchev–Trinajstić information content (AvgIpc) is 2.30. The van der Waals surface area contributed by atoms with Crippen LogP contribution in [0, 0.1) is 0 Å². The van der Waals surface area contributed by atoms with Gasteiger partial charge in [-0.2, -0.15) is 0 Å². The lowest BCUT2D eigenvalue weighted by Crippen LogP contribution is -2.27. The van der Waals surface area contributed by atoms with Crippen molar-refractivity contribution in [1.29, 1.82) is 0 Å². The van der Waals surface area contributed by atoms with E-state index in [9.17, 15) is 8.78 Å². The Bertz CT molecular complexity index is 273. The number of nitrogens with zero attached hydrogens (tertiary/aromatic N) is 1. The molecular formula is C10H17F2N3O. The number of hydrogen-bond donors (Lipinski definition) is 2. The molecule has 6 heteroatoms. The van der Waals surface area contributed by atoms with E-state index in [1.807, 2.05) is 0 Å². The summed E-state index contributed by atoms with van der Waals surface area (Å²) in [7, 11) is 1.53. The van der Waals surface area contributed by atoms with Crippen LogP contribution in [-0.2, 0) is 4.74 Å². The molecule has 1 rings (SSSR count). The van der Waals surface area contributed by atoms with Crippen molar-refractivity contribution < 1.29 is 13.5 Å². The third-order valence-electron chi connectivity index (χ3n) is 2.36. The summed E-state index contributed by atoms with van der Waals surface area (Å²) >= 11 is 0. The first-order valence-electron chi connectivity index (χ1n) is 5.26. The monoisotopic (exact) mass is 233 g/mol. The minimum absolute atomic E-state index is 0.143. The second kappa shape index (κ2) is 6.42. The van der Waals surface area contributed by atoms with Crippen molar-refractivity contribution in [3.63, 3.8) is 0 Å². The van der Waals surface area contributed by atoms with Gasteiger partial charge in [-0.3, -0.25) is 4.99 Å². The lowest BCUT2D eigenvalue weighted by atomic mass is 10.2. The number of hydrogen-bond acceptors (Lipinski definition) is 4.